The van der Waals surface area contributed by atoms with Crippen molar-refractivity contribution in [2.75, 3.05) is 13.6 Å². The van der Waals surface area contributed by atoms with E-state index in [2.05, 4.69) is 16.0 Å². The number of halogens is 1. The van der Waals surface area contributed by atoms with E-state index in [1.165, 1.54) is 19.2 Å². The van der Waals surface area contributed by atoms with Crippen LogP contribution in [-0.2, 0) is 6.42 Å². The molecule has 6 nitrogen and oxygen atoms in total. The predicted octanol–water partition coefficient (Wildman–Crippen LogP) is 2.51. The summed E-state index contributed by atoms with van der Waals surface area (Å²) in [5, 5.41) is 8.24. The normalized spacial score (nSPS) is 15.3. The quantitative estimate of drug-likeness (QED) is 0.550. The summed E-state index contributed by atoms with van der Waals surface area (Å²) in [6.07, 6.45) is 2.60. The van der Waals surface area contributed by atoms with Gasteiger partial charge in [-0.2, -0.15) is 0 Å². The summed E-state index contributed by atoms with van der Waals surface area (Å²) in [7, 11) is 1.45. The zero-order valence-corrected chi connectivity index (χ0v) is 16.5. The van der Waals surface area contributed by atoms with Gasteiger partial charge in [-0.15, -0.1) is 0 Å². The molecule has 0 unspecified atom stereocenters. The molecule has 2 atom stereocenters. The molecule has 2 aromatic rings. The highest BCUT2D eigenvalue weighted by Gasteiger charge is 2.33. The van der Waals surface area contributed by atoms with Crippen LogP contribution in [0.4, 0.5) is 9.18 Å². The summed E-state index contributed by atoms with van der Waals surface area (Å²) in [5.74, 6) is -0.589. The molecule has 154 valence electrons. The van der Waals surface area contributed by atoms with Crippen LogP contribution in [0.15, 0.2) is 48.5 Å². The lowest BCUT2D eigenvalue weighted by atomic mass is 10.0. The molecule has 0 radical (unpaired) electrons. The van der Waals surface area contributed by atoms with Gasteiger partial charge in [-0.1, -0.05) is 36.4 Å². The summed E-state index contributed by atoms with van der Waals surface area (Å²) in [6, 6.07) is 13.7. The molecule has 0 bridgehead atoms. The molecule has 0 aromatic heterocycles. The van der Waals surface area contributed by atoms with Crippen molar-refractivity contribution in [3.63, 3.8) is 0 Å². The molecule has 0 saturated heterocycles. The van der Waals surface area contributed by atoms with Crippen molar-refractivity contribution in [3.05, 3.63) is 71.0 Å². The molecule has 0 spiro atoms. The fourth-order valence-corrected chi connectivity index (χ4v) is 3.36. The van der Waals surface area contributed by atoms with E-state index in [1.807, 2.05) is 30.3 Å². The number of hydrogen-bond donors (Lipinski definition) is 4. The van der Waals surface area contributed by atoms with Crippen LogP contribution in [0.2, 0.25) is 0 Å². The fraction of sp³-hybridized carbons (Fsp3) is 0.364. The summed E-state index contributed by atoms with van der Waals surface area (Å²) in [6.45, 7) is 0.261. The second kappa shape index (κ2) is 9.52. The second-order valence-corrected chi connectivity index (χ2v) is 7.44. The first-order chi connectivity index (χ1) is 14.0. The highest BCUT2D eigenvalue weighted by molar-refractivity contribution is 5.94. The maximum absolute atomic E-state index is 14.1. The minimum Gasteiger partial charge on any atom is -0.355 e. The molecule has 1 aliphatic carbocycles. The van der Waals surface area contributed by atoms with E-state index >= 15 is 0 Å². The van der Waals surface area contributed by atoms with Crippen LogP contribution in [0.25, 0.3) is 0 Å². The first-order valence-electron chi connectivity index (χ1n) is 9.83. The van der Waals surface area contributed by atoms with Gasteiger partial charge in [-0.3, -0.25) is 4.79 Å². The average molecular weight is 398 g/mol. The number of carbonyl (C=O) groups is 2. The van der Waals surface area contributed by atoms with Crippen molar-refractivity contribution >= 4 is 11.9 Å². The molecular weight excluding hydrogens is 371 g/mol. The number of nitrogens with one attached hydrogen (secondary N) is 3. The van der Waals surface area contributed by atoms with E-state index < -0.39 is 11.7 Å². The van der Waals surface area contributed by atoms with Gasteiger partial charge in [0.1, 0.15) is 5.82 Å². The van der Waals surface area contributed by atoms with E-state index in [1.54, 1.807) is 6.07 Å². The van der Waals surface area contributed by atoms with Gasteiger partial charge in [0.2, 0.25) is 0 Å². The van der Waals surface area contributed by atoms with Gasteiger partial charge >= 0.3 is 6.03 Å². The van der Waals surface area contributed by atoms with E-state index in [0.717, 1.165) is 18.4 Å². The Balaban J connectivity index is 1.50. The van der Waals surface area contributed by atoms with Crippen LogP contribution < -0.4 is 21.7 Å². The third kappa shape index (κ3) is 5.77. The Morgan fingerprint density at radius 3 is 2.52 bits per heavy atom. The van der Waals surface area contributed by atoms with Crippen LogP contribution in [0.1, 0.15) is 40.4 Å². The number of nitrogens with two attached hydrogens (primary N) is 1. The highest BCUT2D eigenvalue weighted by Crippen LogP contribution is 2.40. The molecule has 2 aromatic carbocycles. The Morgan fingerprint density at radius 1 is 1.17 bits per heavy atom. The van der Waals surface area contributed by atoms with E-state index in [4.69, 9.17) is 5.73 Å². The third-order valence-corrected chi connectivity index (χ3v) is 5.07. The monoisotopic (exact) mass is 398 g/mol. The molecule has 0 heterocycles. The molecular formula is C22H27FN4O2. The molecule has 5 N–H and O–H groups in total. The fourth-order valence-electron chi connectivity index (χ4n) is 3.36. The second-order valence-electron chi connectivity index (χ2n) is 7.44. The smallest absolute Gasteiger partial charge is 0.315 e. The number of benzene rings is 2. The van der Waals surface area contributed by atoms with Crippen LogP contribution >= 0.6 is 0 Å². The van der Waals surface area contributed by atoms with Crippen molar-refractivity contribution in [1.29, 1.82) is 0 Å². The largest absolute Gasteiger partial charge is 0.355 e. The van der Waals surface area contributed by atoms with Gasteiger partial charge in [0.05, 0.1) is 11.6 Å². The SMILES string of the molecule is CNC(=O)c1ccc(C[C@H](N)CNC(=O)N[C@H](c2ccccc2)C2CC2)cc1F. The Labute approximate surface area is 170 Å². The highest BCUT2D eigenvalue weighted by atomic mass is 19.1. The van der Waals surface area contributed by atoms with Gasteiger partial charge < -0.3 is 21.7 Å². The molecule has 1 fully saturated rings. The van der Waals surface area contributed by atoms with Crippen LogP contribution in [0, 0.1) is 11.7 Å². The van der Waals surface area contributed by atoms with E-state index in [9.17, 15) is 14.0 Å². The maximum Gasteiger partial charge on any atom is 0.315 e. The lowest BCUT2D eigenvalue weighted by Gasteiger charge is -2.20. The van der Waals surface area contributed by atoms with Crippen molar-refractivity contribution in [2.24, 2.45) is 11.7 Å². The number of hydrogen-bond acceptors (Lipinski definition) is 3. The Bertz CT molecular complexity index is 855. The first kappa shape index (κ1) is 20.8. The van der Waals surface area contributed by atoms with Crippen LogP contribution in [-0.4, -0.2) is 31.6 Å². The first-order valence-corrected chi connectivity index (χ1v) is 9.83. The molecule has 3 rings (SSSR count). The summed E-state index contributed by atoms with van der Waals surface area (Å²) in [5.41, 5.74) is 7.86. The minimum atomic E-state index is -0.588. The van der Waals surface area contributed by atoms with E-state index in [0.29, 0.717) is 17.9 Å². The molecule has 7 heteroatoms. The molecule has 1 aliphatic rings. The van der Waals surface area contributed by atoms with Gasteiger partial charge in [0.15, 0.2) is 0 Å². The molecule has 1 saturated carbocycles. The lowest BCUT2D eigenvalue weighted by molar-refractivity contribution is 0.0959. The topological polar surface area (TPSA) is 96.2 Å². The van der Waals surface area contributed by atoms with Crippen LogP contribution in [0.3, 0.4) is 0 Å². The number of carbonyl (C=O) groups excluding carboxylic acids is 2. The zero-order valence-electron chi connectivity index (χ0n) is 16.5. The number of urea groups is 1. The van der Waals surface area contributed by atoms with Crippen LogP contribution in [0.5, 0.6) is 0 Å². The van der Waals surface area contributed by atoms with Gasteiger partial charge in [0.25, 0.3) is 5.91 Å². The van der Waals surface area contributed by atoms with Crippen molar-refractivity contribution in [2.45, 2.75) is 31.3 Å². The van der Waals surface area contributed by atoms with E-state index in [-0.39, 0.29) is 30.2 Å². The molecule has 29 heavy (non-hydrogen) atoms. The Hall–Kier alpha value is -2.93. The minimum absolute atomic E-state index is 0.00113. The molecule has 3 amide bonds. The number of amides is 3. The van der Waals surface area contributed by atoms with Gasteiger partial charge in [0, 0.05) is 19.6 Å². The van der Waals surface area contributed by atoms with Crippen molar-refractivity contribution in [1.82, 2.24) is 16.0 Å². The lowest BCUT2D eigenvalue weighted by Crippen LogP contribution is -2.44. The predicted molar refractivity (Wildman–Crippen MR) is 110 cm³/mol. The summed E-state index contributed by atoms with van der Waals surface area (Å²) in [4.78, 5) is 23.9. The average Bonchev–Trinajstić information content (AvgIpc) is 3.56. The van der Waals surface area contributed by atoms with Gasteiger partial charge in [-0.05, 0) is 48.4 Å². The standard InChI is InChI=1S/C22H27FN4O2/c1-25-21(28)18-10-7-14(12-19(18)23)11-17(24)13-26-22(29)27-20(16-8-9-16)15-5-3-2-4-6-15/h2-7,10,12,16-17,20H,8-9,11,13,24H2,1H3,(H,25,28)(H2,26,27,29)/t17-,20+/m0/s1. The maximum atomic E-state index is 14.1. The summed E-state index contributed by atoms with van der Waals surface area (Å²) >= 11 is 0. The van der Waals surface area contributed by atoms with Crippen molar-refractivity contribution in [3.8, 4) is 0 Å². The van der Waals surface area contributed by atoms with Gasteiger partial charge in [-0.25, -0.2) is 9.18 Å². The Morgan fingerprint density at radius 2 is 1.90 bits per heavy atom. The Kier molecular flexibility index (Phi) is 6.82. The van der Waals surface area contributed by atoms with Crippen molar-refractivity contribution < 1.29 is 14.0 Å². The third-order valence-electron chi connectivity index (χ3n) is 5.07. The number of rotatable bonds is 8. The zero-order chi connectivity index (χ0) is 20.8. The summed E-state index contributed by atoms with van der Waals surface area (Å²) < 4.78 is 14.1. The molecule has 0 aliphatic heterocycles.